The molecule has 0 aromatic heterocycles. The first-order chi connectivity index (χ1) is 15.5. The van der Waals surface area contributed by atoms with Gasteiger partial charge in [0.25, 0.3) is 0 Å². The van der Waals surface area contributed by atoms with Crippen LogP contribution in [0.3, 0.4) is 0 Å². The van der Waals surface area contributed by atoms with Crippen LogP contribution in [0.2, 0.25) is 0 Å². The molecule has 156 valence electrons. The molecule has 4 heteroatoms. The van der Waals surface area contributed by atoms with E-state index >= 15 is 0 Å². The lowest BCUT2D eigenvalue weighted by Gasteiger charge is -2.07. The van der Waals surface area contributed by atoms with Crippen LogP contribution in [0.5, 0.6) is 0 Å². The lowest BCUT2D eigenvalue weighted by Crippen LogP contribution is -1.90. The summed E-state index contributed by atoms with van der Waals surface area (Å²) in [5.74, 6) is 0. The molecule has 0 saturated heterocycles. The quantitative estimate of drug-likeness (QED) is 0.172. The zero-order valence-corrected chi connectivity index (χ0v) is 17.5. The van der Waals surface area contributed by atoms with Crippen molar-refractivity contribution in [1.29, 1.82) is 0 Å². The molecular formula is C28H24N4. The van der Waals surface area contributed by atoms with Gasteiger partial charge >= 0.3 is 0 Å². The van der Waals surface area contributed by atoms with Crippen molar-refractivity contribution in [2.24, 2.45) is 0 Å². The number of fused-ring (bicyclic) bond motifs is 6. The number of anilines is 4. The highest BCUT2D eigenvalue weighted by Gasteiger charge is 2.05. The van der Waals surface area contributed by atoms with Crippen molar-refractivity contribution in [3.8, 4) is 0 Å². The Morgan fingerprint density at radius 3 is 1.62 bits per heavy atom. The van der Waals surface area contributed by atoms with Gasteiger partial charge in [0.15, 0.2) is 0 Å². The molecule has 0 amide bonds. The summed E-state index contributed by atoms with van der Waals surface area (Å²) >= 11 is 0. The minimum atomic E-state index is 0.745. The summed E-state index contributed by atoms with van der Waals surface area (Å²) in [5.41, 5.74) is 26.7. The molecule has 0 saturated carbocycles. The first-order valence-electron chi connectivity index (χ1n) is 10.4. The molecule has 0 unspecified atom stereocenters. The van der Waals surface area contributed by atoms with E-state index in [2.05, 4.69) is 18.2 Å². The molecule has 0 radical (unpaired) electrons. The van der Waals surface area contributed by atoms with Gasteiger partial charge in [0, 0.05) is 33.5 Å². The van der Waals surface area contributed by atoms with Crippen molar-refractivity contribution < 1.29 is 0 Å². The van der Waals surface area contributed by atoms with Crippen LogP contribution in [0.15, 0.2) is 97.1 Å². The van der Waals surface area contributed by atoms with Crippen molar-refractivity contribution in [2.75, 3.05) is 22.9 Å². The molecule has 4 nitrogen and oxygen atoms in total. The monoisotopic (exact) mass is 416 g/mol. The maximum Gasteiger partial charge on any atom is 0.0400 e. The predicted octanol–water partition coefficient (Wildman–Crippen LogP) is 6.31. The van der Waals surface area contributed by atoms with E-state index in [1.165, 1.54) is 16.2 Å². The third-order valence-corrected chi connectivity index (χ3v) is 5.83. The Balaban J connectivity index is 0.000000135. The maximum atomic E-state index is 6.04. The second-order valence-corrected chi connectivity index (χ2v) is 7.98. The van der Waals surface area contributed by atoms with Crippen LogP contribution >= 0.6 is 0 Å². The number of nitrogens with two attached hydrogens (primary N) is 4. The topological polar surface area (TPSA) is 104 Å². The average Bonchev–Trinajstić information content (AvgIpc) is 2.80. The Morgan fingerprint density at radius 1 is 0.344 bits per heavy atom. The Hall–Kier alpha value is -4.44. The zero-order chi connectivity index (χ0) is 22.2. The number of nitrogen functional groups attached to an aromatic ring is 4. The van der Waals surface area contributed by atoms with Crippen LogP contribution in [0, 0.1) is 0 Å². The van der Waals surface area contributed by atoms with Gasteiger partial charge in [-0.05, 0) is 68.7 Å². The molecule has 0 heterocycles. The smallest absolute Gasteiger partial charge is 0.0400 e. The minimum Gasteiger partial charge on any atom is -0.399 e. The van der Waals surface area contributed by atoms with Gasteiger partial charge in [-0.1, -0.05) is 60.7 Å². The van der Waals surface area contributed by atoms with Crippen LogP contribution in [0.1, 0.15) is 0 Å². The molecule has 0 aliphatic heterocycles. The van der Waals surface area contributed by atoms with Crippen LogP contribution < -0.4 is 22.9 Å². The molecule has 0 bridgehead atoms. The van der Waals surface area contributed by atoms with E-state index in [-0.39, 0.29) is 0 Å². The fraction of sp³-hybridized carbons (Fsp3) is 0. The van der Waals surface area contributed by atoms with Crippen molar-refractivity contribution in [3.05, 3.63) is 97.1 Å². The van der Waals surface area contributed by atoms with E-state index in [1.807, 2.05) is 78.9 Å². The summed E-state index contributed by atoms with van der Waals surface area (Å²) in [5, 5.41) is 9.12. The highest BCUT2D eigenvalue weighted by atomic mass is 14.6. The average molecular weight is 417 g/mol. The van der Waals surface area contributed by atoms with Gasteiger partial charge in [0.05, 0.1) is 0 Å². The van der Waals surface area contributed by atoms with Gasteiger partial charge in [0.1, 0.15) is 0 Å². The highest BCUT2D eigenvalue weighted by molar-refractivity contribution is 6.14. The first-order valence-corrected chi connectivity index (χ1v) is 10.4. The summed E-state index contributed by atoms with van der Waals surface area (Å²) in [4.78, 5) is 0. The van der Waals surface area contributed by atoms with Gasteiger partial charge < -0.3 is 22.9 Å². The van der Waals surface area contributed by atoms with E-state index in [4.69, 9.17) is 22.9 Å². The normalized spacial score (nSPS) is 11.0. The molecule has 6 rings (SSSR count). The van der Waals surface area contributed by atoms with Gasteiger partial charge in [-0.15, -0.1) is 0 Å². The molecule has 0 fully saturated rings. The summed E-state index contributed by atoms with van der Waals surface area (Å²) in [6.07, 6.45) is 0. The minimum absolute atomic E-state index is 0.745. The number of benzene rings is 6. The molecule has 0 aliphatic carbocycles. The molecule has 0 atom stereocenters. The van der Waals surface area contributed by atoms with Crippen LogP contribution in [0.25, 0.3) is 43.1 Å². The lowest BCUT2D eigenvalue weighted by atomic mass is 10.00. The summed E-state index contributed by atoms with van der Waals surface area (Å²) in [7, 11) is 0. The fourth-order valence-electron chi connectivity index (χ4n) is 4.31. The van der Waals surface area contributed by atoms with E-state index < -0.39 is 0 Å². The molecule has 6 aromatic carbocycles. The molecule has 0 spiro atoms. The van der Waals surface area contributed by atoms with Gasteiger partial charge in [-0.2, -0.15) is 0 Å². The van der Waals surface area contributed by atoms with Gasteiger partial charge in [-0.25, -0.2) is 0 Å². The second-order valence-electron chi connectivity index (χ2n) is 7.98. The Labute approximate surface area is 186 Å². The summed E-state index contributed by atoms with van der Waals surface area (Å²) in [6, 6.07) is 32.2. The SMILES string of the molecule is Nc1ccc2c(c1)c(N)cc1ccccc12.Nc1ccc2c(c1)cc(N)c1ccccc12. The lowest BCUT2D eigenvalue weighted by molar-refractivity contribution is 1.73. The van der Waals surface area contributed by atoms with Crippen LogP contribution in [-0.2, 0) is 0 Å². The molecule has 6 aromatic rings. The molecule has 8 N–H and O–H groups in total. The zero-order valence-electron chi connectivity index (χ0n) is 17.5. The predicted molar refractivity (Wildman–Crippen MR) is 141 cm³/mol. The first kappa shape index (κ1) is 19.5. The van der Waals surface area contributed by atoms with Crippen molar-refractivity contribution in [1.82, 2.24) is 0 Å². The second kappa shape index (κ2) is 7.67. The third-order valence-electron chi connectivity index (χ3n) is 5.83. The van der Waals surface area contributed by atoms with Crippen molar-refractivity contribution in [3.63, 3.8) is 0 Å². The van der Waals surface area contributed by atoms with Gasteiger partial charge in [0.2, 0.25) is 0 Å². The summed E-state index contributed by atoms with van der Waals surface area (Å²) in [6.45, 7) is 0. The Kier molecular flexibility index (Phi) is 4.68. The Morgan fingerprint density at radius 2 is 0.844 bits per heavy atom. The fourth-order valence-corrected chi connectivity index (χ4v) is 4.31. The third kappa shape index (κ3) is 3.38. The van der Waals surface area contributed by atoms with E-state index in [0.29, 0.717) is 0 Å². The Bertz CT molecular complexity index is 1620. The molecule has 0 aliphatic rings. The maximum absolute atomic E-state index is 6.04. The molecule has 32 heavy (non-hydrogen) atoms. The number of rotatable bonds is 0. The van der Waals surface area contributed by atoms with Crippen LogP contribution in [-0.4, -0.2) is 0 Å². The molecular weight excluding hydrogens is 392 g/mol. The van der Waals surface area contributed by atoms with Crippen LogP contribution in [0.4, 0.5) is 22.7 Å². The number of hydrogen-bond donors (Lipinski definition) is 4. The highest BCUT2D eigenvalue weighted by Crippen LogP contribution is 2.32. The summed E-state index contributed by atoms with van der Waals surface area (Å²) < 4.78 is 0. The van der Waals surface area contributed by atoms with E-state index in [1.54, 1.807) is 0 Å². The standard InChI is InChI=1S/2C14H12N2/c15-10-5-6-11-9(7-10)8-14(16)13-4-2-1-3-12(11)13;15-10-5-6-12-11-4-2-1-3-9(11)7-14(16)13(12)8-10/h2*1-8H,15-16H2. The van der Waals surface area contributed by atoms with Crippen molar-refractivity contribution in [2.45, 2.75) is 0 Å². The van der Waals surface area contributed by atoms with E-state index in [0.717, 1.165) is 49.7 Å². The van der Waals surface area contributed by atoms with E-state index in [9.17, 15) is 0 Å². The van der Waals surface area contributed by atoms with Gasteiger partial charge in [-0.3, -0.25) is 0 Å². The number of hydrogen-bond acceptors (Lipinski definition) is 4. The largest absolute Gasteiger partial charge is 0.399 e. The van der Waals surface area contributed by atoms with Crippen molar-refractivity contribution >= 4 is 65.8 Å².